The normalized spacial score (nSPS) is 10.6. The van der Waals surface area contributed by atoms with Gasteiger partial charge in [-0.25, -0.2) is 0 Å². The molecule has 90 valence electrons. The third-order valence-corrected chi connectivity index (χ3v) is 2.55. The molecule has 1 rings (SSSR count). The van der Waals surface area contributed by atoms with Crippen LogP contribution in [0.15, 0.2) is 24.3 Å². The number of rotatable bonds is 8. The Morgan fingerprint density at radius 3 is 2.31 bits per heavy atom. The van der Waals surface area contributed by atoms with E-state index in [1.54, 1.807) is 0 Å². The van der Waals surface area contributed by atoms with Crippen molar-refractivity contribution >= 4 is 0 Å². The minimum Gasteiger partial charge on any atom is -0.375 e. The molecule has 2 heteroatoms. The maximum atomic E-state index is 5.58. The van der Waals surface area contributed by atoms with E-state index in [0.717, 1.165) is 32.7 Å². The van der Waals surface area contributed by atoms with Gasteiger partial charge in [-0.3, -0.25) is 0 Å². The molecule has 0 spiro atoms. The first-order valence-corrected chi connectivity index (χ1v) is 6.23. The number of hydrogen-bond acceptors (Lipinski definition) is 2. The standard InChI is InChI=1S/C14H23NO/c1-3-9-15-10-11-16-12-14-7-5-13(4-2)6-8-14/h5-8,15H,3-4,9-12H2,1-2H3. The summed E-state index contributed by atoms with van der Waals surface area (Å²) in [5.74, 6) is 0. The van der Waals surface area contributed by atoms with Gasteiger partial charge in [0.2, 0.25) is 0 Å². The van der Waals surface area contributed by atoms with Crippen LogP contribution in [0.25, 0.3) is 0 Å². The summed E-state index contributed by atoms with van der Waals surface area (Å²) in [5, 5.41) is 3.31. The molecule has 1 N–H and O–H groups in total. The number of nitrogens with one attached hydrogen (secondary N) is 1. The lowest BCUT2D eigenvalue weighted by atomic mass is 10.1. The summed E-state index contributed by atoms with van der Waals surface area (Å²) in [5.41, 5.74) is 2.64. The molecule has 0 aliphatic rings. The van der Waals surface area contributed by atoms with Crippen LogP contribution in [0.1, 0.15) is 31.4 Å². The third kappa shape index (κ3) is 5.29. The number of benzene rings is 1. The van der Waals surface area contributed by atoms with E-state index in [1.807, 2.05) is 0 Å². The molecular formula is C14H23NO. The molecule has 0 heterocycles. The van der Waals surface area contributed by atoms with Gasteiger partial charge < -0.3 is 10.1 Å². The molecule has 16 heavy (non-hydrogen) atoms. The SMILES string of the molecule is CCCNCCOCc1ccc(CC)cc1. The van der Waals surface area contributed by atoms with Gasteiger partial charge in [0.25, 0.3) is 0 Å². The summed E-state index contributed by atoms with van der Waals surface area (Å²) in [7, 11) is 0. The van der Waals surface area contributed by atoms with Gasteiger partial charge in [0, 0.05) is 6.54 Å². The first kappa shape index (κ1) is 13.2. The predicted molar refractivity (Wildman–Crippen MR) is 68.6 cm³/mol. The fraction of sp³-hybridized carbons (Fsp3) is 0.571. The van der Waals surface area contributed by atoms with Gasteiger partial charge in [0.15, 0.2) is 0 Å². The Kier molecular flexibility index (Phi) is 6.86. The monoisotopic (exact) mass is 221 g/mol. The van der Waals surface area contributed by atoms with Crippen LogP contribution in [-0.2, 0) is 17.8 Å². The Morgan fingerprint density at radius 1 is 1.00 bits per heavy atom. The van der Waals surface area contributed by atoms with Crippen molar-refractivity contribution in [3.63, 3.8) is 0 Å². The lowest BCUT2D eigenvalue weighted by molar-refractivity contribution is 0.123. The number of ether oxygens (including phenoxy) is 1. The average molecular weight is 221 g/mol. The van der Waals surface area contributed by atoms with E-state index in [2.05, 4.69) is 43.4 Å². The van der Waals surface area contributed by atoms with Crippen molar-refractivity contribution in [1.82, 2.24) is 5.32 Å². The second-order valence-corrected chi connectivity index (χ2v) is 3.97. The van der Waals surface area contributed by atoms with Gasteiger partial charge in [-0.2, -0.15) is 0 Å². The Labute approximate surface area is 99.0 Å². The number of hydrogen-bond donors (Lipinski definition) is 1. The van der Waals surface area contributed by atoms with Crippen molar-refractivity contribution in [2.75, 3.05) is 19.7 Å². The van der Waals surface area contributed by atoms with Crippen molar-refractivity contribution in [1.29, 1.82) is 0 Å². The lowest BCUT2D eigenvalue weighted by Crippen LogP contribution is -2.20. The van der Waals surface area contributed by atoms with Gasteiger partial charge in [0.05, 0.1) is 13.2 Å². The molecule has 0 saturated carbocycles. The van der Waals surface area contributed by atoms with Crippen LogP contribution in [0.3, 0.4) is 0 Å². The molecule has 2 nitrogen and oxygen atoms in total. The van der Waals surface area contributed by atoms with E-state index in [-0.39, 0.29) is 0 Å². The van der Waals surface area contributed by atoms with E-state index in [9.17, 15) is 0 Å². The smallest absolute Gasteiger partial charge is 0.0717 e. The summed E-state index contributed by atoms with van der Waals surface area (Å²) in [6, 6.07) is 8.65. The fourth-order valence-corrected chi connectivity index (χ4v) is 1.51. The largest absolute Gasteiger partial charge is 0.375 e. The van der Waals surface area contributed by atoms with Crippen LogP contribution in [0.2, 0.25) is 0 Å². The van der Waals surface area contributed by atoms with Gasteiger partial charge in [-0.1, -0.05) is 38.1 Å². The van der Waals surface area contributed by atoms with E-state index in [0.29, 0.717) is 0 Å². The van der Waals surface area contributed by atoms with E-state index >= 15 is 0 Å². The molecule has 1 aromatic carbocycles. The maximum absolute atomic E-state index is 5.58. The van der Waals surface area contributed by atoms with Crippen molar-refractivity contribution in [2.24, 2.45) is 0 Å². The molecule has 0 atom stereocenters. The zero-order valence-electron chi connectivity index (χ0n) is 10.5. The average Bonchev–Trinajstić information content (AvgIpc) is 2.34. The highest BCUT2D eigenvalue weighted by molar-refractivity contribution is 5.21. The lowest BCUT2D eigenvalue weighted by Gasteiger charge is -2.06. The zero-order chi connectivity index (χ0) is 11.6. The topological polar surface area (TPSA) is 21.3 Å². The van der Waals surface area contributed by atoms with E-state index < -0.39 is 0 Å². The molecule has 0 bridgehead atoms. The van der Waals surface area contributed by atoms with Crippen LogP contribution in [-0.4, -0.2) is 19.7 Å². The van der Waals surface area contributed by atoms with Crippen LogP contribution < -0.4 is 5.32 Å². The highest BCUT2D eigenvalue weighted by atomic mass is 16.5. The quantitative estimate of drug-likeness (QED) is 0.682. The molecule has 0 aliphatic carbocycles. The van der Waals surface area contributed by atoms with Crippen molar-refractivity contribution in [3.8, 4) is 0 Å². The van der Waals surface area contributed by atoms with Crippen LogP contribution in [0, 0.1) is 0 Å². The molecular weight excluding hydrogens is 198 g/mol. The van der Waals surface area contributed by atoms with E-state index in [4.69, 9.17) is 4.74 Å². The second kappa shape index (κ2) is 8.31. The predicted octanol–water partition coefficient (Wildman–Crippen LogP) is 2.77. The molecule has 0 fully saturated rings. The number of aryl methyl sites for hydroxylation is 1. The third-order valence-electron chi connectivity index (χ3n) is 2.55. The molecule has 0 unspecified atom stereocenters. The van der Waals surface area contributed by atoms with Crippen LogP contribution in [0.5, 0.6) is 0 Å². The summed E-state index contributed by atoms with van der Waals surface area (Å²) in [6.45, 7) is 7.87. The minimum atomic E-state index is 0.720. The Morgan fingerprint density at radius 2 is 1.69 bits per heavy atom. The summed E-state index contributed by atoms with van der Waals surface area (Å²) in [6.07, 6.45) is 2.28. The van der Waals surface area contributed by atoms with Crippen molar-refractivity contribution in [3.05, 3.63) is 35.4 Å². The fourth-order valence-electron chi connectivity index (χ4n) is 1.51. The highest BCUT2D eigenvalue weighted by Gasteiger charge is 1.94. The van der Waals surface area contributed by atoms with Gasteiger partial charge in [0.1, 0.15) is 0 Å². The van der Waals surface area contributed by atoms with Crippen molar-refractivity contribution in [2.45, 2.75) is 33.3 Å². The highest BCUT2D eigenvalue weighted by Crippen LogP contribution is 2.05. The summed E-state index contributed by atoms with van der Waals surface area (Å²) in [4.78, 5) is 0. The molecule has 0 saturated heterocycles. The van der Waals surface area contributed by atoms with Gasteiger partial charge in [-0.15, -0.1) is 0 Å². The summed E-state index contributed by atoms with van der Waals surface area (Å²) < 4.78 is 5.58. The molecule has 0 aromatic heterocycles. The second-order valence-electron chi connectivity index (χ2n) is 3.97. The first-order chi connectivity index (χ1) is 7.86. The van der Waals surface area contributed by atoms with E-state index in [1.165, 1.54) is 17.5 Å². The maximum Gasteiger partial charge on any atom is 0.0717 e. The van der Waals surface area contributed by atoms with Crippen LogP contribution >= 0.6 is 0 Å². The summed E-state index contributed by atoms with van der Waals surface area (Å²) >= 11 is 0. The zero-order valence-corrected chi connectivity index (χ0v) is 10.5. The Hall–Kier alpha value is -0.860. The molecule has 0 radical (unpaired) electrons. The van der Waals surface area contributed by atoms with Crippen molar-refractivity contribution < 1.29 is 4.74 Å². The van der Waals surface area contributed by atoms with Gasteiger partial charge in [-0.05, 0) is 30.5 Å². The molecule has 0 aliphatic heterocycles. The first-order valence-electron chi connectivity index (χ1n) is 6.23. The van der Waals surface area contributed by atoms with Gasteiger partial charge >= 0.3 is 0 Å². The Bertz CT molecular complexity index is 269. The minimum absolute atomic E-state index is 0.720. The molecule has 1 aromatic rings. The van der Waals surface area contributed by atoms with Crippen LogP contribution in [0.4, 0.5) is 0 Å². The molecule has 0 amide bonds. The Balaban J connectivity index is 2.12.